The fraction of sp³-hybridized carbons (Fsp3) is 0.417. The minimum absolute atomic E-state index is 0.104. The van der Waals surface area contributed by atoms with Crippen LogP contribution in [0.2, 0.25) is 0 Å². The summed E-state index contributed by atoms with van der Waals surface area (Å²) < 4.78 is 7.26. The van der Waals surface area contributed by atoms with Crippen LogP contribution in [0.15, 0.2) is 53.9 Å². The maximum absolute atomic E-state index is 12.8. The van der Waals surface area contributed by atoms with E-state index in [9.17, 15) is 4.79 Å². The molecular formula is C24H28N4O2S. The molecule has 0 aliphatic heterocycles. The lowest BCUT2D eigenvalue weighted by molar-refractivity contribution is 0.102. The summed E-state index contributed by atoms with van der Waals surface area (Å²) in [5, 5.41) is 9.40. The van der Waals surface area contributed by atoms with E-state index in [1.54, 1.807) is 19.5 Å². The van der Waals surface area contributed by atoms with Gasteiger partial charge in [0.05, 0.1) is 18.9 Å². The number of benzene rings is 1. The number of methoxy groups -OCH3 is 1. The Morgan fingerprint density at radius 1 is 1.06 bits per heavy atom. The molecule has 1 aromatic carbocycles. The monoisotopic (exact) mass is 436 g/mol. The van der Waals surface area contributed by atoms with Crippen molar-refractivity contribution >= 4 is 17.5 Å². The lowest BCUT2D eigenvalue weighted by atomic mass is 9.84. The molecule has 6 nitrogen and oxygen atoms in total. The number of hydrogen-bond donors (Lipinski definition) is 0. The summed E-state index contributed by atoms with van der Waals surface area (Å²) in [6.45, 7) is 1.16. The molecule has 162 valence electrons. The second-order valence-corrected chi connectivity index (χ2v) is 8.80. The molecular weight excluding hydrogens is 408 g/mol. The van der Waals surface area contributed by atoms with Gasteiger partial charge < -0.3 is 4.74 Å². The number of carbonyl (C=O) groups is 1. The Balaban J connectivity index is 1.43. The number of pyridine rings is 1. The molecule has 1 saturated carbocycles. The Morgan fingerprint density at radius 3 is 2.52 bits per heavy atom. The van der Waals surface area contributed by atoms with Gasteiger partial charge in [0.1, 0.15) is 0 Å². The number of ketones is 1. The standard InChI is InChI=1S/C24H28N4O2S/c1-30-16-15-28-23(21-11-13-25-14-12-21)26-27-24(28)31-17-22(29)20-9-7-19(8-10-20)18-5-3-2-4-6-18/h7-14,18H,2-6,15-17H2,1H3. The molecule has 0 N–H and O–H groups in total. The van der Waals surface area contributed by atoms with Crippen LogP contribution in [0.25, 0.3) is 11.4 Å². The van der Waals surface area contributed by atoms with Crippen molar-refractivity contribution in [3.05, 3.63) is 59.9 Å². The van der Waals surface area contributed by atoms with Gasteiger partial charge in [0.2, 0.25) is 0 Å². The van der Waals surface area contributed by atoms with Crippen LogP contribution in [0.1, 0.15) is 53.9 Å². The highest BCUT2D eigenvalue weighted by atomic mass is 32.2. The molecule has 0 atom stereocenters. The van der Waals surface area contributed by atoms with Gasteiger partial charge in [-0.3, -0.25) is 14.3 Å². The molecule has 4 rings (SSSR count). The molecule has 0 unspecified atom stereocenters. The zero-order chi connectivity index (χ0) is 21.5. The number of ether oxygens (including phenoxy) is 1. The lowest BCUT2D eigenvalue weighted by Crippen LogP contribution is -2.09. The third kappa shape index (κ3) is 5.40. The van der Waals surface area contributed by atoms with Gasteiger partial charge in [-0.2, -0.15) is 0 Å². The molecule has 0 radical (unpaired) electrons. The molecule has 1 aliphatic rings. The van der Waals surface area contributed by atoms with Gasteiger partial charge in [-0.05, 0) is 36.5 Å². The summed E-state index contributed by atoms with van der Waals surface area (Å²) in [6.07, 6.45) is 9.97. The number of aromatic nitrogens is 4. The van der Waals surface area contributed by atoms with Crippen molar-refractivity contribution in [2.45, 2.75) is 49.7 Å². The molecule has 2 aromatic heterocycles. The number of carbonyl (C=O) groups excluding carboxylic acids is 1. The molecule has 31 heavy (non-hydrogen) atoms. The highest BCUT2D eigenvalue weighted by Crippen LogP contribution is 2.32. The summed E-state index contributed by atoms with van der Waals surface area (Å²) in [5.41, 5.74) is 3.06. The molecule has 3 aromatic rings. The van der Waals surface area contributed by atoms with Gasteiger partial charge in [-0.15, -0.1) is 10.2 Å². The van der Waals surface area contributed by atoms with E-state index in [0.717, 1.165) is 22.1 Å². The second-order valence-electron chi connectivity index (χ2n) is 7.86. The number of thioether (sulfide) groups is 1. The molecule has 2 heterocycles. The average Bonchev–Trinajstić information content (AvgIpc) is 3.25. The predicted octanol–water partition coefficient (Wildman–Crippen LogP) is 5.01. The molecule has 0 bridgehead atoms. The van der Waals surface area contributed by atoms with E-state index >= 15 is 0 Å². The van der Waals surface area contributed by atoms with Gasteiger partial charge in [-0.25, -0.2) is 0 Å². The molecule has 1 fully saturated rings. The first-order valence-electron chi connectivity index (χ1n) is 10.8. The van der Waals surface area contributed by atoms with Gasteiger partial charge in [0.25, 0.3) is 0 Å². The molecule has 0 spiro atoms. The van der Waals surface area contributed by atoms with Crippen molar-refractivity contribution in [1.29, 1.82) is 0 Å². The van der Waals surface area contributed by atoms with Crippen LogP contribution < -0.4 is 0 Å². The number of nitrogens with zero attached hydrogens (tertiary/aromatic N) is 4. The van der Waals surface area contributed by atoms with Crippen molar-refractivity contribution in [1.82, 2.24) is 19.7 Å². The van der Waals surface area contributed by atoms with Crippen molar-refractivity contribution in [3.8, 4) is 11.4 Å². The number of Topliss-reactive ketones (excluding diaryl/α,β-unsaturated/α-hetero) is 1. The lowest BCUT2D eigenvalue weighted by Gasteiger charge is -2.22. The van der Waals surface area contributed by atoms with E-state index in [-0.39, 0.29) is 5.78 Å². The van der Waals surface area contributed by atoms with E-state index in [0.29, 0.717) is 24.8 Å². The molecule has 0 amide bonds. The Labute approximate surface area is 187 Å². The van der Waals surface area contributed by atoms with Gasteiger partial charge in [0.15, 0.2) is 16.8 Å². The fourth-order valence-electron chi connectivity index (χ4n) is 4.08. The summed E-state index contributed by atoms with van der Waals surface area (Å²) in [4.78, 5) is 16.9. The summed E-state index contributed by atoms with van der Waals surface area (Å²) >= 11 is 1.42. The van der Waals surface area contributed by atoms with Crippen LogP contribution >= 0.6 is 11.8 Å². The highest BCUT2D eigenvalue weighted by Gasteiger charge is 2.18. The first kappa shape index (κ1) is 21.7. The van der Waals surface area contributed by atoms with Crippen LogP contribution in [0.4, 0.5) is 0 Å². The van der Waals surface area contributed by atoms with Crippen molar-refractivity contribution in [2.24, 2.45) is 0 Å². The Morgan fingerprint density at radius 2 is 1.81 bits per heavy atom. The van der Waals surface area contributed by atoms with E-state index < -0.39 is 0 Å². The third-order valence-electron chi connectivity index (χ3n) is 5.82. The minimum atomic E-state index is 0.104. The maximum atomic E-state index is 12.8. The summed E-state index contributed by atoms with van der Waals surface area (Å²) in [7, 11) is 1.67. The predicted molar refractivity (Wildman–Crippen MR) is 122 cm³/mol. The number of rotatable bonds is 9. The van der Waals surface area contributed by atoms with E-state index in [4.69, 9.17) is 4.74 Å². The SMILES string of the molecule is COCCn1c(SCC(=O)c2ccc(C3CCCCC3)cc2)nnc1-c1ccncc1. The zero-order valence-corrected chi connectivity index (χ0v) is 18.7. The van der Waals surface area contributed by atoms with Crippen LogP contribution in [-0.4, -0.2) is 45.0 Å². The Hall–Kier alpha value is -2.51. The average molecular weight is 437 g/mol. The normalized spacial score (nSPS) is 14.6. The van der Waals surface area contributed by atoms with Crippen molar-refractivity contribution < 1.29 is 9.53 Å². The van der Waals surface area contributed by atoms with Crippen molar-refractivity contribution in [3.63, 3.8) is 0 Å². The van der Waals surface area contributed by atoms with Crippen LogP contribution in [-0.2, 0) is 11.3 Å². The van der Waals surface area contributed by atoms with Crippen LogP contribution in [0.5, 0.6) is 0 Å². The van der Waals surface area contributed by atoms with Gasteiger partial charge in [-0.1, -0.05) is 55.3 Å². The topological polar surface area (TPSA) is 69.9 Å². The molecule has 7 heteroatoms. The van der Waals surface area contributed by atoms with Crippen molar-refractivity contribution in [2.75, 3.05) is 19.5 Å². The Kier molecular flexibility index (Phi) is 7.48. The fourth-order valence-corrected chi connectivity index (χ4v) is 4.94. The number of hydrogen-bond acceptors (Lipinski definition) is 6. The third-order valence-corrected chi connectivity index (χ3v) is 6.78. The van der Waals surface area contributed by atoms with E-state index in [1.807, 2.05) is 28.8 Å². The minimum Gasteiger partial charge on any atom is -0.383 e. The first-order chi connectivity index (χ1) is 15.3. The maximum Gasteiger partial charge on any atom is 0.192 e. The Bertz CT molecular complexity index is 983. The highest BCUT2D eigenvalue weighted by molar-refractivity contribution is 7.99. The second kappa shape index (κ2) is 10.7. The first-order valence-corrected chi connectivity index (χ1v) is 11.8. The largest absolute Gasteiger partial charge is 0.383 e. The van der Waals surface area contributed by atoms with Gasteiger partial charge >= 0.3 is 0 Å². The molecule has 1 aliphatic carbocycles. The van der Waals surface area contributed by atoms with E-state index in [2.05, 4.69) is 27.3 Å². The smallest absolute Gasteiger partial charge is 0.192 e. The van der Waals surface area contributed by atoms with Crippen LogP contribution in [0, 0.1) is 0 Å². The van der Waals surface area contributed by atoms with E-state index in [1.165, 1.54) is 49.4 Å². The molecule has 0 saturated heterocycles. The summed E-state index contributed by atoms with van der Waals surface area (Å²) in [6, 6.07) is 12.0. The summed E-state index contributed by atoms with van der Waals surface area (Å²) in [5.74, 6) is 1.83. The zero-order valence-electron chi connectivity index (χ0n) is 17.9. The quantitative estimate of drug-likeness (QED) is 0.347. The van der Waals surface area contributed by atoms with Crippen LogP contribution in [0.3, 0.4) is 0 Å². The van der Waals surface area contributed by atoms with Gasteiger partial charge in [0, 0.05) is 30.6 Å².